The first-order valence-electron chi connectivity index (χ1n) is 8.67. The van der Waals surface area contributed by atoms with E-state index in [9.17, 15) is 9.18 Å². The molecule has 0 unspecified atom stereocenters. The Morgan fingerprint density at radius 1 is 1.13 bits per heavy atom. The Morgan fingerprint density at radius 3 is 2.65 bits per heavy atom. The van der Waals surface area contributed by atoms with Crippen LogP contribution in [0.1, 0.15) is 42.5 Å². The van der Waals surface area contributed by atoms with Crippen molar-refractivity contribution < 1.29 is 9.18 Å². The minimum atomic E-state index is -0.352. The zero-order valence-corrected chi connectivity index (χ0v) is 13.6. The molecule has 0 atom stereocenters. The SMILES string of the molecule is O=C(c1cccc(F)c1)N1CCN(CCC2=CCCCC2)CC1. The zero-order valence-electron chi connectivity index (χ0n) is 13.6. The molecule has 0 saturated carbocycles. The van der Waals surface area contributed by atoms with Crippen LogP contribution in [-0.2, 0) is 0 Å². The molecule has 23 heavy (non-hydrogen) atoms. The molecular weight excluding hydrogens is 291 g/mol. The molecule has 0 aromatic heterocycles. The Balaban J connectivity index is 1.46. The van der Waals surface area contributed by atoms with Crippen molar-refractivity contribution in [3.63, 3.8) is 0 Å². The fourth-order valence-corrected chi connectivity index (χ4v) is 3.41. The molecule has 3 rings (SSSR count). The van der Waals surface area contributed by atoms with Gasteiger partial charge in [0, 0.05) is 38.3 Å². The normalized spacial score (nSPS) is 19.5. The average molecular weight is 316 g/mol. The maximum atomic E-state index is 13.2. The Kier molecular flexibility index (Phi) is 5.44. The van der Waals surface area contributed by atoms with Crippen molar-refractivity contribution in [2.24, 2.45) is 0 Å². The Labute approximate surface area is 137 Å². The van der Waals surface area contributed by atoms with Crippen molar-refractivity contribution in [2.45, 2.75) is 32.1 Å². The quantitative estimate of drug-likeness (QED) is 0.794. The lowest BCUT2D eigenvalue weighted by Crippen LogP contribution is -2.48. The van der Waals surface area contributed by atoms with Crippen LogP contribution >= 0.6 is 0 Å². The number of rotatable bonds is 4. The van der Waals surface area contributed by atoms with E-state index in [1.807, 2.05) is 4.90 Å². The first kappa shape index (κ1) is 16.2. The number of allylic oxidation sites excluding steroid dienone is 1. The highest BCUT2D eigenvalue weighted by Crippen LogP contribution is 2.20. The van der Waals surface area contributed by atoms with Crippen molar-refractivity contribution in [1.82, 2.24) is 9.80 Å². The van der Waals surface area contributed by atoms with Gasteiger partial charge in [-0.15, -0.1) is 0 Å². The van der Waals surface area contributed by atoms with E-state index in [1.54, 1.807) is 17.7 Å². The van der Waals surface area contributed by atoms with E-state index >= 15 is 0 Å². The van der Waals surface area contributed by atoms with Crippen molar-refractivity contribution in [3.8, 4) is 0 Å². The molecule has 1 aromatic carbocycles. The summed E-state index contributed by atoms with van der Waals surface area (Å²) in [6.07, 6.45) is 8.75. The summed E-state index contributed by atoms with van der Waals surface area (Å²) in [6, 6.07) is 5.98. The average Bonchev–Trinajstić information content (AvgIpc) is 2.61. The predicted molar refractivity (Wildman–Crippen MR) is 89.9 cm³/mol. The van der Waals surface area contributed by atoms with Gasteiger partial charge < -0.3 is 4.90 Å². The first-order valence-corrected chi connectivity index (χ1v) is 8.67. The summed E-state index contributed by atoms with van der Waals surface area (Å²) >= 11 is 0. The highest BCUT2D eigenvalue weighted by molar-refractivity contribution is 5.94. The minimum Gasteiger partial charge on any atom is -0.336 e. The number of hydrogen-bond acceptors (Lipinski definition) is 2. The van der Waals surface area contributed by atoms with Crippen molar-refractivity contribution in [3.05, 3.63) is 47.3 Å². The van der Waals surface area contributed by atoms with Crippen LogP contribution in [0, 0.1) is 5.82 Å². The Morgan fingerprint density at radius 2 is 1.96 bits per heavy atom. The zero-order chi connectivity index (χ0) is 16.1. The molecule has 1 aromatic rings. The van der Waals surface area contributed by atoms with Crippen LogP contribution in [0.4, 0.5) is 4.39 Å². The van der Waals surface area contributed by atoms with Crippen LogP contribution in [0.25, 0.3) is 0 Å². The smallest absolute Gasteiger partial charge is 0.254 e. The molecule has 1 heterocycles. The third-order valence-electron chi connectivity index (χ3n) is 4.87. The lowest BCUT2D eigenvalue weighted by atomic mass is 9.97. The van der Waals surface area contributed by atoms with E-state index < -0.39 is 0 Å². The molecule has 0 N–H and O–H groups in total. The molecule has 1 amide bonds. The monoisotopic (exact) mass is 316 g/mol. The van der Waals surface area contributed by atoms with Crippen LogP contribution in [0.2, 0.25) is 0 Å². The Bertz CT molecular complexity index is 576. The van der Waals surface area contributed by atoms with E-state index in [4.69, 9.17) is 0 Å². The van der Waals surface area contributed by atoms with Crippen LogP contribution < -0.4 is 0 Å². The van der Waals surface area contributed by atoms with Gasteiger partial charge in [-0.3, -0.25) is 9.69 Å². The molecule has 1 aliphatic carbocycles. The molecule has 1 aliphatic heterocycles. The van der Waals surface area contributed by atoms with Crippen LogP contribution in [-0.4, -0.2) is 48.4 Å². The largest absolute Gasteiger partial charge is 0.336 e. The highest BCUT2D eigenvalue weighted by Gasteiger charge is 2.22. The van der Waals surface area contributed by atoms with Gasteiger partial charge in [0.15, 0.2) is 0 Å². The number of nitrogens with zero attached hydrogens (tertiary/aromatic N) is 2. The highest BCUT2D eigenvalue weighted by atomic mass is 19.1. The second kappa shape index (κ2) is 7.73. The summed E-state index contributed by atoms with van der Waals surface area (Å²) in [6.45, 7) is 4.37. The van der Waals surface area contributed by atoms with Gasteiger partial charge in [0.25, 0.3) is 5.91 Å². The van der Waals surface area contributed by atoms with Gasteiger partial charge in [0.2, 0.25) is 0 Å². The van der Waals surface area contributed by atoms with Gasteiger partial charge in [-0.25, -0.2) is 4.39 Å². The van der Waals surface area contributed by atoms with Gasteiger partial charge in [-0.1, -0.05) is 17.7 Å². The molecule has 1 fully saturated rings. The summed E-state index contributed by atoms with van der Waals surface area (Å²) < 4.78 is 13.2. The molecule has 0 spiro atoms. The van der Waals surface area contributed by atoms with Crippen LogP contribution in [0.3, 0.4) is 0 Å². The molecule has 124 valence electrons. The molecule has 2 aliphatic rings. The van der Waals surface area contributed by atoms with Crippen molar-refractivity contribution in [1.29, 1.82) is 0 Å². The second-order valence-corrected chi connectivity index (χ2v) is 6.50. The standard InChI is InChI=1S/C19H25FN2O/c20-18-8-4-7-17(15-18)19(23)22-13-11-21(12-14-22)10-9-16-5-2-1-3-6-16/h4-5,7-8,15H,1-3,6,9-14H2. The molecule has 3 nitrogen and oxygen atoms in total. The third kappa shape index (κ3) is 4.41. The van der Waals surface area contributed by atoms with Gasteiger partial charge in [-0.05, 0) is 50.3 Å². The van der Waals surface area contributed by atoms with Gasteiger partial charge in [-0.2, -0.15) is 0 Å². The topological polar surface area (TPSA) is 23.6 Å². The van der Waals surface area contributed by atoms with Crippen LogP contribution in [0.5, 0.6) is 0 Å². The molecule has 1 saturated heterocycles. The maximum absolute atomic E-state index is 13.2. The van der Waals surface area contributed by atoms with E-state index in [0.717, 1.165) is 39.1 Å². The maximum Gasteiger partial charge on any atom is 0.254 e. The van der Waals surface area contributed by atoms with Gasteiger partial charge >= 0.3 is 0 Å². The summed E-state index contributed by atoms with van der Waals surface area (Å²) in [5.74, 6) is -0.408. The van der Waals surface area contributed by atoms with E-state index in [0.29, 0.717) is 5.56 Å². The number of halogens is 1. The first-order chi connectivity index (χ1) is 11.2. The molecule has 0 bridgehead atoms. The molecular formula is C19H25FN2O. The summed E-state index contributed by atoms with van der Waals surface area (Å²) in [4.78, 5) is 16.7. The fraction of sp³-hybridized carbons (Fsp3) is 0.526. The third-order valence-corrected chi connectivity index (χ3v) is 4.87. The number of hydrogen-bond donors (Lipinski definition) is 0. The van der Waals surface area contributed by atoms with Gasteiger partial charge in [0.1, 0.15) is 5.82 Å². The lowest BCUT2D eigenvalue weighted by Gasteiger charge is -2.35. The molecule has 4 heteroatoms. The number of piperazine rings is 1. The number of benzene rings is 1. The fourth-order valence-electron chi connectivity index (χ4n) is 3.41. The van der Waals surface area contributed by atoms with Crippen molar-refractivity contribution >= 4 is 5.91 Å². The predicted octanol–water partition coefficient (Wildman–Crippen LogP) is 3.47. The van der Waals surface area contributed by atoms with E-state index in [1.165, 1.54) is 37.8 Å². The number of carbonyl (C=O) groups excluding carboxylic acids is 1. The Hall–Kier alpha value is -1.68. The van der Waals surface area contributed by atoms with Crippen molar-refractivity contribution in [2.75, 3.05) is 32.7 Å². The van der Waals surface area contributed by atoms with E-state index in [-0.39, 0.29) is 11.7 Å². The summed E-state index contributed by atoms with van der Waals surface area (Å²) in [7, 11) is 0. The van der Waals surface area contributed by atoms with Gasteiger partial charge in [0.05, 0.1) is 0 Å². The number of amides is 1. The second-order valence-electron chi connectivity index (χ2n) is 6.50. The number of carbonyl (C=O) groups is 1. The van der Waals surface area contributed by atoms with E-state index in [2.05, 4.69) is 11.0 Å². The summed E-state index contributed by atoms with van der Waals surface area (Å²) in [5.41, 5.74) is 2.06. The molecule has 0 radical (unpaired) electrons. The van der Waals surface area contributed by atoms with Crippen LogP contribution in [0.15, 0.2) is 35.9 Å². The summed E-state index contributed by atoms with van der Waals surface area (Å²) in [5, 5.41) is 0. The lowest BCUT2D eigenvalue weighted by molar-refractivity contribution is 0.0637. The minimum absolute atomic E-state index is 0.0564.